The summed E-state index contributed by atoms with van der Waals surface area (Å²) in [4.78, 5) is 11.9. The molecule has 84 valence electrons. The van der Waals surface area contributed by atoms with Gasteiger partial charge in [-0.25, -0.2) is 0 Å². The molecule has 0 radical (unpaired) electrons. The smallest absolute Gasteiger partial charge is 0.185 e. The molecule has 0 aliphatic heterocycles. The molecular weight excluding hydrogens is 202 g/mol. The molecule has 0 amide bonds. The molecule has 0 aliphatic carbocycles. The Morgan fingerprint density at radius 3 is 2.69 bits per heavy atom. The molecule has 4 heteroatoms. The van der Waals surface area contributed by atoms with Gasteiger partial charge in [0.1, 0.15) is 6.54 Å². The van der Waals surface area contributed by atoms with Crippen LogP contribution in [0.4, 0.5) is 0 Å². The Kier molecular flexibility index (Phi) is 2.64. The molecule has 0 spiro atoms. The minimum absolute atomic E-state index is 0.0896. The van der Waals surface area contributed by atoms with Crippen LogP contribution >= 0.6 is 0 Å². The standard InChI is InChI=1S/C12H15N3O/c1-9-6-10(2)15(13-9)8-12(16)11-4-5-14(3)7-11/h4-7H,8H2,1-3H3. The fraction of sp³-hybridized carbons (Fsp3) is 0.333. The molecule has 2 rings (SSSR count). The van der Waals surface area contributed by atoms with Crippen LogP contribution in [0, 0.1) is 13.8 Å². The zero-order valence-corrected chi connectivity index (χ0v) is 9.77. The van der Waals surface area contributed by atoms with E-state index < -0.39 is 0 Å². The SMILES string of the molecule is Cc1cc(C)n(CC(=O)c2ccn(C)c2)n1. The predicted octanol–water partition coefficient (Wildman–Crippen LogP) is 1.72. The van der Waals surface area contributed by atoms with Crippen LogP contribution in [0.25, 0.3) is 0 Å². The van der Waals surface area contributed by atoms with Gasteiger partial charge >= 0.3 is 0 Å². The second-order valence-corrected chi connectivity index (χ2v) is 4.07. The third kappa shape index (κ3) is 2.05. The van der Waals surface area contributed by atoms with Gasteiger partial charge in [0, 0.05) is 30.7 Å². The van der Waals surface area contributed by atoms with Crippen LogP contribution < -0.4 is 0 Å². The normalized spacial score (nSPS) is 10.7. The maximum Gasteiger partial charge on any atom is 0.185 e. The Balaban J connectivity index is 2.16. The number of Topliss-reactive ketones (excluding diaryl/α,β-unsaturated/α-hetero) is 1. The zero-order valence-electron chi connectivity index (χ0n) is 9.77. The minimum Gasteiger partial charge on any atom is -0.357 e. The lowest BCUT2D eigenvalue weighted by Gasteiger charge is -2.01. The van der Waals surface area contributed by atoms with Gasteiger partial charge in [-0.2, -0.15) is 5.10 Å². The van der Waals surface area contributed by atoms with E-state index in [0.717, 1.165) is 17.0 Å². The van der Waals surface area contributed by atoms with Crippen LogP contribution in [0.5, 0.6) is 0 Å². The highest BCUT2D eigenvalue weighted by atomic mass is 16.1. The van der Waals surface area contributed by atoms with E-state index in [0.29, 0.717) is 6.54 Å². The van der Waals surface area contributed by atoms with E-state index in [-0.39, 0.29) is 5.78 Å². The largest absolute Gasteiger partial charge is 0.357 e. The second kappa shape index (κ2) is 3.96. The summed E-state index contributed by atoms with van der Waals surface area (Å²) in [5.41, 5.74) is 2.69. The summed E-state index contributed by atoms with van der Waals surface area (Å²) in [7, 11) is 1.90. The molecule has 16 heavy (non-hydrogen) atoms. The van der Waals surface area contributed by atoms with Crippen LogP contribution in [-0.2, 0) is 13.6 Å². The van der Waals surface area contributed by atoms with Crippen LogP contribution in [-0.4, -0.2) is 20.1 Å². The monoisotopic (exact) mass is 217 g/mol. The van der Waals surface area contributed by atoms with E-state index in [9.17, 15) is 4.79 Å². The maximum absolute atomic E-state index is 11.9. The zero-order chi connectivity index (χ0) is 11.7. The molecule has 0 atom stereocenters. The first-order valence-electron chi connectivity index (χ1n) is 5.22. The molecule has 2 heterocycles. The van der Waals surface area contributed by atoms with Crippen molar-refractivity contribution in [3.63, 3.8) is 0 Å². The summed E-state index contributed by atoms with van der Waals surface area (Å²) < 4.78 is 3.61. The van der Waals surface area contributed by atoms with Crippen LogP contribution in [0.3, 0.4) is 0 Å². The second-order valence-electron chi connectivity index (χ2n) is 4.07. The van der Waals surface area contributed by atoms with Crippen molar-refractivity contribution in [3.8, 4) is 0 Å². The van der Waals surface area contributed by atoms with Gasteiger partial charge in [0.05, 0.1) is 5.69 Å². The molecule has 2 aromatic heterocycles. The Labute approximate surface area is 94.5 Å². The van der Waals surface area contributed by atoms with E-state index >= 15 is 0 Å². The summed E-state index contributed by atoms with van der Waals surface area (Å²) >= 11 is 0. The molecule has 0 aliphatic rings. The first-order valence-corrected chi connectivity index (χ1v) is 5.22. The Hall–Kier alpha value is -1.84. The topological polar surface area (TPSA) is 39.8 Å². The van der Waals surface area contributed by atoms with Gasteiger partial charge in [0.15, 0.2) is 5.78 Å². The lowest BCUT2D eigenvalue weighted by Crippen LogP contribution is -2.12. The number of rotatable bonds is 3. The lowest BCUT2D eigenvalue weighted by atomic mass is 10.2. The van der Waals surface area contributed by atoms with E-state index in [1.54, 1.807) is 4.68 Å². The van der Waals surface area contributed by atoms with Crippen molar-refractivity contribution >= 4 is 5.78 Å². The Morgan fingerprint density at radius 1 is 1.44 bits per heavy atom. The molecule has 0 unspecified atom stereocenters. The van der Waals surface area contributed by atoms with Crippen LogP contribution in [0.2, 0.25) is 0 Å². The highest BCUT2D eigenvalue weighted by Gasteiger charge is 2.10. The van der Waals surface area contributed by atoms with Crippen molar-refractivity contribution in [1.29, 1.82) is 0 Å². The average Bonchev–Trinajstić information content (AvgIpc) is 2.74. The van der Waals surface area contributed by atoms with E-state index in [2.05, 4.69) is 5.10 Å². The number of hydrogen-bond acceptors (Lipinski definition) is 2. The number of ketones is 1. The number of hydrogen-bond donors (Lipinski definition) is 0. The highest BCUT2D eigenvalue weighted by molar-refractivity contribution is 5.95. The number of nitrogens with zero attached hydrogens (tertiary/aromatic N) is 3. The predicted molar refractivity (Wildman–Crippen MR) is 61.4 cm³/mol. The van der Waals surface area contributed by atoms with Gasteiger partial charge in [-0.15, -0.1) is 0 Å². The van der Waals surface area contributed by atoms with Gasteiger partial charge in [0.2, 0.25) is 0 Å². The molecular formula is C12H15N3O. The molecule has 4 nitrogen and oxygen atoms in total. The van der Waals surface area contributed by atoms with E-state index in [4.69, 9.17) is 0 Å². The number of aryl methyl sites for hydroxylation is 3. The molecule has 0 N–H and O–H groups in total. The summed E-state index contributed by atoms with van der Waals surface area (Å²) in [5, 5.41) is 4.27. The quantitative estimate of drug-likeness (QED) is 0.734. The Morgan fingerprint density at radius 2 is 2.19 bits per heavy atom. The molecule has 0 saturated carbocycles. The Bertz CT molecular complexity index is 522. The number of aromatic nitrogens is 3. The van der Waals surface area contributed by atoms with Gasteiger partial charge in [-0.3, -0.25) is 9.48 Å². The van der Waals surface area contributed by atoms with Crippen molar-refractivity contribution in [3.05, 3.63) is 41.5 Å². The average molecular weight is 217 g/mol. The van der Waals surface area contributed by atoms with Gasteiger partial charge in [0.25, 0.3) is 0 Å². The first kappa shape index (κ1) is 10.7. The maximum atomic E-state index is 11.9. The van der Waals surface area contributed by atoms with E-state index in [1.165, 1.54) is 0 Å². The van der Waals surface area contributed by atoms with Gasteiger partial charge in [-0.05, 0) is 26.0 Å². The molecule has 0 fully saturated rings. The molecule has 0 aromatic carbocycles. The summed E-state index contributed by atoms with van der Waals surface area (Å²) in [6.07, 6.45) is 3.70. The number of carbonyl (C=O) groups excluding carboxylic acids is 1. The van der Waals surface area contributed by atoms with Gasteiger partial charge in [-0.1, -0.05) is 0 Å². The van der Waals surface area contributed by atoms with Crippen molar-refractivity contribution in [2.24, 2.45) is 7.05 Å². The fourth-order valence-electron chi connectivity index (χ4n) is 1.73. The summed E-state index contributed by atoms with van der Waals surface area (Å²) in [6, 6.07) is 3.80. The minimum atomic E-state index is 0.0896. The lowest BCUT2D eigenvalue weighted by molar-refractivity contribution is 0.0966. The third-order valence-electron chi connectivity index (χ3n) is 2.55. The van der Waals surface area contributed by atoms with Crippen molar-refractivity contribution in [2.75, 3.05) is 0 Å². The van der Waals surface area contributed by atoms with Crippen molar-refractivity contribution in [1.82, 2.24) is 14.3 Å². The van der Waals surface area contributed by atoms with Crippen molar-refractivity contribution < 1.29 is 4.79 Å². The van der Waals surface area contributed by atoms with E-state index in [1.807, 2.05) is 50.0 Å². The molecule has 0 bridgehead atoms. The van der Waals surface area contributed by atoms with Crippen molar-refractivity contribution in [2.45, 2.75) is 20.4 Å². The number of carbonyl (C=O) groups is 1. The van der Waals surface area contributed by atoms with Gasteiger partial charge < -0.3 is 4.57 Å². The van der Waals surface area contributed by atoms with Crippen LogP contribution in [0.1, 0.15) is 21.7 Å². The molecule has 2 aromatic rings. The fourth-order valence-corrected chi connectivity index (χ4v) is 1.73. The summed E-state index contributed by atoms with van der Waals surface area (Å²) in [6.45, 7) is 4.19. The molecule has 0 saturated heterocycles. The third-order valence-corrected chi connectivity index (χ3v) is 2.55. The first-order chi connectivity index (χ1) is 7.56. The van der Waals surface area contributed by atoms with Crippen LogP contribution in [0.15, 0.2) is 24.5 Å². The highest BCUT2D eigenvalue weighted by Crippen LogP contribution is 2.06. The summed E-state index contributed by atoms with van der Waals surface area (Å²) in [5.74, 6) is 0.0896.